The number of nitrogens with one attached hydrogen (secondary N) is 1. The molecule has 1 heterocycles. The van der Waals surface area contributed by atoms with Crippen molar-refractivity contribution in [3.05, 3.63) is 28.5 Å². The first-order valence-electron chi connectivity index (χ1n) is 5.51. The number of carbonyl (C=O) groups is 1. The summed E-state index contributed by atoms with van der Waals surface area (Å²) in [4.78, 5) is 16.0. The highest BCUT2D eigenvalue weighted by molar-refractivity contribution is 6.29. The van der Waals surface area contributed by atoms with Gasteiger partial charge in [0, 0.05) is 29.8 Å². The number of carbonyl (C=O) groups excluding carboxylic acids is 1. The van der Waals surface area contributed by atoms with Crippen molar-refractivity contribution in [1.82, 2.24) is 10.3 Å². The summed E-state index contributed by atoms with van der Waals surface area (Å²) in [5.41, 5.74) is 6.50. The van der Waals surface area contributed by atoms with Crippen LogP contribution in [0, 0.1) is 0 Å². The van der Waals surface area contributed by atoms with Gasteiger partial charge >= 0.3 is 0 Å². The molecule has 5 heteroatoms. The molecule has 4 nitrogen and oxygen atoms in total. The van der Waals surface area contributed by atoms with Crippen LogP contribution in [0.15, 0.2) is 12.1 Å². The second-order valence-corrected chi connectivity index (χ2v) is 5.25. The number of nitrogens with zero attached hydrogens (tertiary/aromatic N) is 1. The van der Waals surface area contributed by atoms with E-state index in [9.17, 15) is 4.79 Å². The molecule has 0 unspecified atom stereocenters. The number of aromatic nitrogens is 1. The fraction of sp³-hybridized carbons (Fsp3) is 0.500. The first kappa shape index (κ1) is 13.9. The SMILES string of the molecule is CC(C)(C)c1cc(C(=O)NCCN)cc(Cl)n1. The minimum atomic E-state index is -0.176. The summed E-state index contributed by atoms with van der Waals surface area (Å²) in [7, 11) is 0. The van der Waals surface area contributed by atoms with Gasteiger partial charge in [-0.3, -0.25) is 4.79 Å². The Hall–Kier alpha value is -1.13. The molecule has 0 aliphatic rings. The fourth-order valence-corrected chi connectivity index (χ4v) is 1.51. The molecule has 0 aromatic carbocycles. The monoisotopic (exact) mass is 255 g/mol. The van der Waals surface area contributed by atoms with E-state index in [0.29, 0.717) is 23.8 Å². The van der Waals surface area contributed by atoms with E-state index >= 15 is 0 Å². The van der Waals surface area contributed by atoms with E-state index in [0.717, 1.165) is 5.69 Å². The van der Waals surface area contributed by atoms with Crippen LogP contribution in [0.1, 0.15) is 36.8 Å². The maximum Gasteiger partial charge on any atom is 0.251 e. The van der Waals surface area contributed by atoms with E-state index in [-0.39, 0.29) is 11.3 Å². The summed E-state index contributed by atoms with van der Waals surface area (Å²) in [5, 5.41) is 3.03. The average molecular weight is 256 g/mol. The van der Waals surface area contributed by atoms with Crippen LogP contribution < -0.4 is 11.1 Å². The van der Waals surface area contributed by atoms with E-state index in [1.54, 1.807) is 12.1 Å². The molecule has 0 aliphatic carbocycles. The Kier molecular flexibility index (Phi) is 4.48. The van der Waals surface area contributed by atoms with Gasteiger partial charge in [0.2, 0.25) is 0 Å². The van der Waals surface area contributed by atoms with Gasteiger partial charge in [0.25, 0.3) is 5.91 Å². The minimum absolute atomic E-state index is 0.145. The van der Waals surface area contributed by atoms with Crippen LogP contribution >= 0.6 is 11.6 Å². The van der Waals surface area contributed by atoms with Gasteiger partial charge in [-0.1, -0.05) is 32.4 Å². The molecule has 1 aromatic rings. The highest BCUT2D eigenvalue weighted by Crippen LogP contribution is 2.23. The third-order valence-electron chi connectivity index (χ3n) is 2.25. The normalized spacial score (nSPS) is 11.4. The molecule has 17 heavy (non-hydrogen) atoms. The summed E-state index contributed by atoms with van der Waals surface area (Å²) in [6.07, 6.45) is 0. The summed E-state index contributed by atoms with van der Waals surface area (Å²) in [5.74, 6) is -0.176. The zero-order chi connectivity index (χ0) is 13.1. The Morgan fingerprint density at radius 3 is 2.65 bits per heavy atom. The Morgan fingerprint density at radius 2 is 2.12 bits per heavy atom. The van der Waals surface area contributed by atoms with Gasteiger partial charge in [0.1, 0.15) is 5.15 Å². The number of halogens is 1. The van der Waals surface area contributed by atoms with E-state index in [4.69, 9.17) is 17.3 Å². The molecule has 0 fully saturated rings. The Bertz CT molecular complexity index is 413. The van der Waals surface area contributed by atoms with Gasteiger partial charge in [-0.15, -0.1) is 0 Å². The fourth-order valence-electron chi connectivity index (χ4n) is 1.30. The Balaban J connectivity index is 3.01. The van der Waals surface area contributed by atoms with Crippen LogP contribution in [-0.2, 0) is 5.41 Å². The number of nitrogens with two attached hydrogens (primary N) is 1. The topological polar surface area (TPSA) is 68.0 Å². The molecule has 1 rings (SSSR count). The van der Waals surface area contributed by atoms with Crippen molar-refractivity contribution < 1.29 is 4.79 Å². The van der Waals surface area contributed by atoms with E-state index in [1.165, 1.54) is 0 Å². The zero-order valence-electron chi connectivity index (χ0n) is 10.4. The molecule has 0 aliphatic heterocycles. The van der Waals surface area contributed by atoms with E-state index in [2.05, 4.69) is 10.3 Å². The predicted octanol–water partition coefficient (Wildman–Crippen LogP) is 1.72. The molecule has 1 amide bonds. The molecule has 0 radical (unpaired) electrons. The molecule has 0 saturated carbocycles. The highest BCUT2D eigenvalue weighted by atomic mass is 35.5. The van der Waals surface area contributed by atoms with Gasteiger partial charge in [-0.05, 0) is 12.1 Å². The molecular weight excluding hydrogens is 238 g/mol. The lowest BCUT2D eigenvalue weighted by molar-refractivity contribution is 0.0954. The van der Waals surface area contributed by atoms with Crippen LogP contribution in [0.4, 0.5) is 0 Å². The van der Waals surface area contributed by atoms with Crippen molar-refractivity contribution in [3.8, 4) is 0 Å². The largest absolute Gasteiger partial charge is 0.351 e. The molecule has 94 valence electrons. The second-order valence-electron chi connectivity index (χ2n) is 4.86. The Labute approximate surface area is 107 Å². The van der Waals surface area contributed by atoms with Crippen molar-refractivity contribution in [2.75, 3.05) is 13.1 Å². The second kappa shape index (κ2) is 5.47. The van der Waals surface area contributed by atoms with Crippen LogP contribution in [0.3, 0.4) is 0 Å². The third kappa shape index (κ3) is 3.98. The summed E-state index contributed by atoms with van der Waals surface area (Å²) in [6, 6.07) is 3.32. The number of rotatable bonds is 3. The van der Waals surface area contributed by atoms with Crippen molar-refractivity contribution in [2.45, 2.75) is 26.2 Å². The lowest BCUT2D eigenvalue weighted by atomic mass is 9.91. The molecule has 0 spiro atoms. The van der Waals surface area contributed by atoms with Crippen LogP contribution in [0.25, 0.3) is 0 Å². The predicted molar refractivity (Wildman–Crippen MR) is 69.3 cm³/mol. The van der Waals surface area contributed by atoms with Gasteiger partial charge in [-0.2, -0.15) is 0 Å². The van der Waals surface area contributed by atoms with Crippen molar-refractivity contribution in [3.63, 3.8) is 0 Å². The molecule has 0 atom stereocenters. The zero-order valence-corrected chi connectivity index (χ0v) is 11.1. The van der Waals surface area contributed by atoms with Crippen LogP contribution in [-0.4, -0.2) is 24.0 Å². The molecule has 1 aromatic heterocycles. The molecule has 0 saturated heterocycles. The van der Waals surface area contributed by atoms with Crippen molar-refractivity contribution in [1.29, 1.82) is 0 Å². The number of hydrogen-bond donors (Lipinski definition) is 2. The lowest BCUT2D eigenvalue weighted by Gasteiger charge is -2.18. The average Bonchev–Trinajstić information content (AvgIpc) is 2.23. The molecule has 3 N–H and O–H groups in total. The van der Waals surface area contributed by atoms with Crippen LogP contribution in [0.5, 0.6) is 0 Å². The van der Waals surface area contributed by atoms with Gasteiger partial charge in [0.15, 0.2) is 0 Å². The standard InChI is InChI=1S/C12H18ClN3O/c1-12(2,3)9-6-8(7-10(13)16-9)11(17)15-5-4-14/h6-7H,4-5,14H2,1-3H3,(H,15,17). The minimum Gasteiger partial charge on any atom is -0.351 e. The maximum absolute atomic E-state index is 11.8. The maximum atomic E-state index is 11.8. The quantitative estimate of drug-likeness (QED) is 0.808. The first-order valence-corrected chi connectivity index (χ1v) is 5.88. The molecular formula is C12H18ClN3O. The highest BCUT2D eigenvalue weighted by Gasteiger charge is 2.18. The molecule has 0 bridgehead atoms. The smallest absolute Gasteiger partial charge is 0.251 e. The number of pyridine rings is 1. The third-order valence-corrected chi connectivity index (χ3v) is 2.45. The van der Waals surface area contributed by atoms with Crippen molar-refractivity contribution >= 4 is 17.5 Å². The van der Waals surface area contributed by atoms with Gasteiger partial charge in [-0.25, -0.2) is 4.98 Å². The van der Waals surface area contributed by atoms with E-state index < -0.39 is 0 Å². The number of amides is 1. The van der Waals surface area contributed by atoms with E-state index in [1.807, 2.05) is 20.8 Å². The van der Waals surface area contributed by atoms with Crippen LogP contribution in [0.2, 0.25) is 5.15 Å². The first-order chi connectivity index (χ1) is 7.84. The van der Waals surface area contributed by atoms with Gasteiger partial charge < -0.3 is 11.1 Å². The lowest BCUT2D eigenvalue weighted by Crippen LogP contribution is -2.29. The number of hydrogen-bond acceptors (Lipinski definition) is 3. The summed E-state index contributed by atoms with van der Waals surface area (Å²) in [6.45, 7) is 6.92. The summed E-state index contributed by atoms with van der Waals surface area (Å²) < 4.78 is 0. The van der Waals surface area contributed by atoms with Gasteiger partial charge in [0.05, 0.1) is 0 Å². The Morgan fingerprint density at radius 1 is 1.47 bits per heavy atom. The summed E-state index contributed by atoms with van der Waals surface area (Å²) >= 11 is 5.92. The van der Waals surface area contributed by atoms with Crippen molar-refractivity contribution in [2.24, 2.45) is 5.73 Å².